The molecule has 0 aliphatic carbocycles. The number of amides is 1. The van der Waals surface area contributed by atoms with Crippen molar-refractivity contribution in [1.29, 1.82) is 0 Å². The maximum atomic E-state index is 11.9. The summed E-state index contributed by atoms with van der Waals surface area (Å²) in [6.07, 6.45) is 0. The van der Waals surface area contributed by atoms with E-state index in [9.17, 15) is 4.79 Å². The monoisotopic (exact) mass is 284 g/mol. The number of benzene rings is 2. The van der Waals surface area contributed by atoms with Crippen molar-refractivity contribution in [1.82, 2.24) is 5.32 Å². The van der Waals surface area contributed by atoms with Gasteiger partial charge in [-0.05, 0) is 30.2 Å². The maximum absolute atomic E-state index is 11.9. The Balaban J connectivity index is 1.74. The molecule has 1 atom stereocenters. The van der Waals surface area contributed by atoms with Crippen LogP contribution in [0.3, 0.4) is 0 Å². The number of nitrogens with one attached hydrogen (secondary N) is 1. The van der Waals surface area contributed by atoms with Crippen molar-refractivity contribution in [3.05, 3.63) is 65.7 Å². The molecule has 0 bridgehead atoms. The lowest BCUT2D eigenvalue weighted by Crippen LogP contribution is -2.36. The first-order chi connectivity index (χ1) is 10.2. The molecule has 0 aliphatic heterocycles. The highest BCUT2D eigenvalue weighted by molar-refractivity contribution is 5.82. The molecule has 21 heavy (non-hydrogen) atoms. The molecule has 0 fully saturated rings. The van der Waals surface area contributed by atoms with Gasteiger partial charge in [0.15, 0.2) is 0 Å². The number of carbonyl (C=O) groups excluding carboxylic acids is 1. The summed E-state index contributed by atoms with van der Waals surface area (Å²) in [4.78, 5) is 11.9. The van der Waals surface area contributed by atoms with E-state index in [-0.39, 0.29) is 5.91 Å². The van der Waals surface area contributed by atoms with Crippen LogP contribution in [0.5, 0.6) is 5.75 Å². The molecule has 0 heterocycles. The van der Waals surface area contributed by atoms with Crippen LogP contribution in [0.1, 0.15) is 17.2 Å². The zero-order valence-electron chi connectivity index (χ0n) is 12.1. The van der Waals surface area contributed by atoms with Gasteiger partial charge < -0.3 is 15.8 Å². The second-order valence-electron chi connectivity index (χ2n) is 4.84. The van der Waals surface area contributed by atoms with Gasteiger partial charge in [-0.3, -0.25) is 4.79 Å². The van der Waals surface area contributed by atoms with Gasteiger partial charge in [0, 0.05) is 0 Å². The number of hydrogen-bond donors (Lipinski definition) is 2. The second-order valence-corrected chi connectivity index (χ2v) is 4.84. The van der Waals surface area contributed by atoms with Gasteiger partial charge >= 0.3 is 0 Å². The van der Waals surface area contributed by atoms with Crippen molar-refractivity contribution < 1.29 is 9.53 Å². The fourth-order valence-electron chi connectivity index (χ4n) is 1.97. The fraction of sp³-hybridized carbons (Fsp3) is 0.235. The van der Waals surface area contributed by atoms with Gasteiger partial charge in [0.1, 0.15) is 18.4 Å². The average molecular weight is 284 g/mol. The molecule has 0 saturated carbocycles. The molecule has 2 aromatic rings. The molecule has 0 saturated heterocycles. The van der Waals surface area contributed by atoms with E-state index in [0.717, 1.165) is 16.9 Å². The summed E-state index contributed by atoms with van der Waals surface area (Å²) >= 11 is 0. The van der Waals surface area contributed by atoms with Gasteiger partial charge in [-0.2, -0.15) is 0 Å². The number of hydrogen-bond acceptors (Lipinski definition) is 3. The molecule has 0 radical (unpaired) electrons. The first-order valence-corrected chi connectivity index (χ1v) is 6.94. The van der Waals surface area contributed by atoms with Crippen LogP contribution in [0.4, 0.5) is 0 Å². The summed E-state index contributed by atoms with van der Waals surface area (Å²) in [5.41, 5.74) is 7.84. The van der Waals surface area contributed by atoms with E-state index in [1.54, 1.807) is 0 Å². The largest absolute Gasteiger partial charge is 0.492 e. The Bertz CT molecular complexity index is 584. The van der Waals surface area contributed by atoms with E-state index in [4.69, 9.17) is 10.5 Å². The summed E-state index contributed by atoms with van der Waals surface area (Å²) in [6, 6.07) is 16.5. The summed E-state index contributed by atoms with van der Waals surface area (Å²) in [5, 5.41) is 2.78. The standard InChI is InChI=1S/C17H20N2O2/c1-13-6-5-9-15(12-13)21-11-10-19-17(20)16(18)14-7-3-2-4-8-14/h2-9,12,16H,10-11,18H2,1H3,(H,19,20)/t16-/m0/s1. The van der Waals surface area contributed by atoms with E-state index in [1.807, 2.05) is 61.5 Å². The lowest BCUT2D eigenvalue weighted by molar-refractivity contribution is -0.122. The third-order valence-corrected chi connectivity index (χ3v) is 3.10. The molecule has 2 aromatic carbocycles. The Hall–Kier alpha value is -2.33. The van der Waals surface area contributed by atoms with E-state index >= 15 is 0 Å². The Morgan fingerprint density at radius 2 is 1.95 bits per heavy atom. The topological polar surface area (TPSA) is 64.3 Å². The number of nitrogens with two attached hydrogens (primary N) is 1. The molecule has 4 heteroatoms. The number of aryl methyl sites for hydroxylation is 1. The van der Waals surface area contributed by atoms with Crippen LogP contribution >= 0.6 is 0 Å². The zero-order valence-corrected chi connectivity index (χ0v) is 12.1. The molecule has 0 spiro atoms. The lowest BCUT2D eigenvalue weighted by atomic mass is 10.1. The highest BCUT2D eigenvalue weighted by Crippen LogP contribution is 2.12. The van der Waals surface area contributed by atoms with E-state index < -0.39 is 6.04 Å². The second kappa shape index (κ2) is 7.45. The van der Waals surface area contributed by atoms with E-state index in [2.05, 4.69) is 5.32 Å². The molecule has 0 aromatic heterocycles. The summed E-state index contributed by atoms with van der Waals surface area (Å²) < 4.78 is 5.57. The molecule has 110 valence electrons. The van der Waals surface area contributed by atoms with Crippen molar-refractivity contribution in [2.24, 2.45) is 5.73 Å². The first-order valence-electron chi connectivity index (χ1n) is 6.94. The summed E-state index contributed by atoms with van der Waals surface area (Å²) in [5.74, 6) is 0.602. The van der Waals surface area contributed by atoms with E-state index in [1.165, 1.54) is 0 Å². The highest BCUT2D eigenvalue weighted by atomic mass is 16.5. The van der Waals surface area contributed by atoms with Gasteiger partial charge in [0.2, 0.25) is 5.91 Å². The van der Waals surface area contributed by atoms with Crippen LogP contribution in [0.2, 0.25) is 0 Å². The van der Waals surface area contributed by atoms with Crippen LogP contribution in [-0.4, -0.2) is 19.1 Å². The van der Waals surface area contributed by atoms with Crippen LogP contribution < -0.4 is 15.8 Å². The van der Waals surface area contributed by atoms with Crippen LogP contribution in [0.25, 0.3) is 0 Å². The minimum absolute atomic E-state index is 0.200. The molecule has 0 aliphatic rings. The predicted molar refractivity (Wildman–Crippen MR) is 83.1 cm³/mol. The Morgan fingerprint density at radius 1 is 1.19 bits per heavy atom. The normalized spacial score (nSPS) is 11.7. The summed E-state index contributed by atoms with van der Waals surface area (Å²) in [6.45, 7) is 2.84. The number of ether oxygens (including phenoxy) is 1. The minimum atomic E-state index is -0.648. The Morgan fingerprint density at radius 3 is 2.67 bits per heavy atom. The van der Waals surface area contributed by atoms with Gasteiger partial charge in [-0.15, -0.1) is 0 Å². The number of rotatable bonds is 6. The van der Waals surface area contributed by atoms with Gasteiger partial charge in [0.25, 0.3) is 0 Å². The van der Waals surface area contributed by atoms with Crippen molar-refractivity contribution >= 4 is 5.91 Å². The van der Waals surface area contributed by atoms with Crippen LogP contribution in [0, 0.1) is 6.92 Å². The molecule has 0 unspecified atom stereocenters. The minimum Gasteiger partial charge on any atom is -0.492 e. The van der Waals surface area contributed by atoms with Gasteiger partial charge in [-0.1, -0.05) is 42.5 Å². The lowest BCUT2D eigenvalue weighted by Gasteiger charge is -2.13. The van der Waals surface area contributed by atoms with Crippen LogP contribution in [-0.2, 0) is 4.79 Å². The van der Waals surface area contributed by atoms with Crippen molar-refractivity contribution in [2.75, 3.05) is 13.2 Å². The van der Waals surface area contributed by atoms with Crippen molar-refractivity contribution in [2.45, 2.75) is 13.0 Å². The molecule has 1 amide bonds. The predicted octanol–water partition coefficient (Wildman–Crippen LogP) is 2.19. The molecule has 4 nitrogen and oxygen atoms in total. The third kappa shape index (κ3) is 4.61. The average Bonchev–Trinajstić information content (AvgIpc) is 2.51. The number of carbonyl (C=O) groups is 1. The van der Waals surface area contributed by atoms with Crippen molar-refractivity contribution in [3.8, 4) is 5.75 Å². The quantitative estimate of drug-likeness (QED) is 0.799. The third-order valence-electron chi connectivity index (χ3n) is 3.10. The molecular formula is C17H20N2O2. The first kappa shape index (κ1) is 15.1. The molecular weight excluding hydrogens is 264 g/mol. The highest BCUT2D eigenvalue weighted by Gasteiger charge is 2.14. The van der Waals surface area contributed by atoms with Gasteiger partial charge in [0.05, 0.1) is 6.54 Å². The van der Waals surface area contributed by atoms with Crippen molar-refractivity contribution in [3.63, 3.8) is 0 Å². The SMILES string of the molecule is Cc1cccc(OCCNC(=O)[C@@H](N)c2ccccc2)c1. The van der Waals surface area contributed by atoms with Crippen LogP contribution in [0.15, 0.2) is 54.6 Å². The zero-order chi connectivity index (χ0) is 15.1. The van der Waals surface area contributed by atoms with E-state index in [0.29, 0.717) is 13.2 Å². The Kier molecular flexibility index (Phi) is 5.35. The fourth-order valence-corrected chi connectivity index (χ4v) is 1.97. The van der Waals surface area contributed by atoms with Gasteiger partial charge in [-0.25, -0.2) is 0 Å². The maximum Gasteiger partial charge on any atom is 0.241 e. The molecule has 2 rings (SSSR count). The summed E-state index contributed by atoms with van der Waals surface area (Å²) in [7, 11) is 0. The smallest absolute Gasteiger partial charge is 0.241 e. The Labute approximate surface area is 124 Å². The molecule has 3 N–H and O–H groups in total.